The first kappa shape index (κ1) is 18.7. The highest BCUT2D eigenvalue weighted by Crippen LogP contribution is 2.20. The molecule has 0 unspecified atom stereocenters. The van der Waals surface area contributed by atoms with Crippen molar-refractivity contribution in [3.63, 3.8) is 0 Å². The zero-order valence-electron chi connectivity index (χ0n) is 16.5. The Labute approximate surface area is 168 Å². The minimum atomic E-state index is 0.000528. The van der Waals surface area contributed by atoms with Crippen LogP contribution in [0.4, 0.5) is 5.82 Å². The number of para-hydroxylation sites is 1. The van der Waals surface area contributed by atoms with Crippen LogP contribution in [0.1, 0.15) is 11.4 Å². The number of carbonyl (C=O) groups excluding carboxylic acids is 1. The van der Waals surface area contributed by atoms with E-state index in [1.807, 2.05) is 59.8 Å². The van der Waals surface area contributed by atoms with Crippen LogP contribution >= 0.6 is 0 Å². The molecular weight excluding hydrogens is 366 g/mol. The molecule has 0 aliphatic heterocycles. The number of nitrogens with zero attached hydrogens (tertiary/aromatic N) is 5. The Kier molecular flexibility index (Phi) is 5.24. The molecule has 3 aromatic heterocycles. The molecule has 3 heterocycles. The van der Waals surface area contributed by atoms with Crippen molar-refractivity contribution in [1.29, 1.82) is 0 Å². The Morgan fingerprint density at radius 3 is 2.83 bits per heavy atom. The Bertz CT molecular complexity index is 1140. The number of imidazole rings is 1. The number of carbonyl (C=O) groups is 1. The van der Waals surface area contributed by atoms with Gasteiger partial charge in [0.1, 0.15) is 23.8 Å². The second kappa shape index (κ2) is 8.14. The number of anilines is 1. The number of hydrogen-bond donors (Lipinski definition) is 2. The number of aromatic nitrogens is 5. The summed E-state index contributed by atoms with van der Waals surface area (Å²) in [5.41, 5.74) is 2.16. The molecule has 2 N–H and O–H groups in total. The highest BCUT2D eigenvalue weighted by Gasteiger charge is 2.10. The minimum absolute atomic E-state index is 0.000528. The van der Waals surface area contributed by atoms with Gasteiger partial charge >= 0.3 is 0 Å². The zero-order chi connectivity index (χ0) is 20.2. The first-order valence-electron chi connectivity index (χ1n) is 9.47. The van der Waals surface area contributed by atoms with E-state index in [1.54, 1.807) is 6.20 Å². The third kappa shape index (κ3) is 4.11. The van der Waals surface area contributed by atoms with Crippen molar-refractivity contribution in [3.05, 3.63) is 66.6 Å². The lowest BCUT2D eigenvalue weighted by Gasteiger charge is -2.09. The maximum Gasteiger partial charge on any atom is 0.224 e. The molecule has 8 heteroatoms. The fraction of sp³-hybridized carbons (Fsp3) is 0.238. The van der Waals surface area contributed by atoms with Crippen molar-refractivity contribution in [2.24, 2.45) is 7.05 Å². The van der Waals surface area contributed by atoms with Crippen molar-refractivity contribution >= 4 is 22.6 Å². The van der Waals surface area contributed by atoms with Crippen LogP contribution in [0.25, 0.3) is 16.7 Å². The summed E-state index contributed by atoms with van der Waals surface area (Å²) in [6.45, 7) is 2.99. The first-order valence-corrected chi connectivity index (χ1v) is 9.47. The summed E-state index contributed by atoms with van der Waals surface area (Å²) in [5.74, 6) is 2.31. The van der Waals surface area contributed by atoms with E-state index in [1.165, 1.54) is 6.33 Å². The lowest BCUT2D eigenvalue weighted by Crippen LogP contribution is -2.30. The highest BCUT2D eigenvalue weighted by atomic mass is 16.1. The molecule has 0 radical (unpaired) electrons. The average molecular weight is 389 g/mol. The van der Waals surface area contributed by atoms with E-state index in [9.17, 15) is 4.79 Å². The molecule has 29 heavy (non-hydrogen) atoms. The molecule has 8 nitrogen and oxygen atoms in total. The number of rotatable bonds is 7. The summed E-state index contributed by atoms with van der Waals surface area (Å²) in [5, 5.41) is 7.29. The zero-order valence-corrected chi connectivity index (χ0v) is 16.5. The monoisotopic (exact) mass is 389 g/mol. The van der Waals surface area contributed by atoms with Gasteiger partial charge in [-0.1, -0.05) is 18.2 Å². The predicted molar refractivity (Wildman–Crippen MR) is 112 cm³/mol. The molecule has 4 rings (SSSR count). The van der Waals surface area contributed by atoms with E-state index >= 15 is 0 Å². The van der Waals surface area contributed by atoms with Crippen molar-refractivity contribution < 1.29 is 4.79 Å². The van der Waals surface area contributed by atoms with Gasteiger partial charge in [0, 0.05) is 55.7 Å². The van der Waals surface area contributed by atoms with Crippen LogP contribution in [0.5, 0.6) is 0 Å². The smallest absolute Gasteiger partial charge is 0.224 e. The molecule has 0 atom stereocenters. The molecular formula is C21H23N7O. The second-order valence-corrected chi connectivity index (χ2v) is 6.84. The van der Waals surface area contributed by atoms with Gasteiger partial charge in [-0.05, 0) is 18.6 Å². The maximum absolute atomic E-state index is 12.3. The van der Waals surface area contributed by atoms with Crippen LogP contribution < -0.4 is 10.6 Å². The van der Waals surface area contributed by atoms with Gasteiger partial charge in [-0.3, -0.25) is 9.36 Å². The molecule has 0 spiro atoms. The molecule has 0 saturated heterocycles. The summed E-state index contributed by atoms with van der Waals surface area (Å²) in [7, 11) is 1.99. The summed E-state index contributed by atoms with van der Waals surface area (Å²) in [6, 6.07) is 9.96. The van der Waals surface area contributed by atoms with Crippen LogP contribution in [-0.2, 0) is 18.3 Å². The Hall–Kier alpha value is -3.68. The molecule has 0 bridgehead atoms. The van der Waals surface area contributed by atoms with Gasteiger partial charge < -0.3 is 15.2 Å². The number of nitrogens with one attached hydrogen (secondary N) is 2. The quantitative estimate of drug-likeness (QED) is 0.473. The number of fused-ring (bicyclic) bond motifs is 1. The van der Waals surface area contributed by atoms with E-state index in [0.29, 0.717) is 25.3 Å². The summed E-state index contributed by atoms with van der Waals surface area (Å²) in [6.07, 6.45) is 7.48. The molecule has 0 aliphatic rings. The summed E-state index contributed by atoms with van der Waals surface area (Å²) < 4.78 is 3.94. The summed E-state index contributed by atoms with van der Waals surface area (Å²) >= 11 is 0. The Morgan fingerprint density at radius 1 is 1.14 bits per heavy atom. The van der Waals surface area contributed by atoms with Crippen molar-refractivity contribution in [3.8, 4) is 5.82 Å². The summed E-state index contributed by atoms with van der Waals surface area (Å²) in [4.78, 5) is 25.0. The molecule has 148 valence electrons. The van der Waals surface area contributed by atoms with Crippen LogP contribution in [-0.4, -0.2) is 43.1 Å². The number of hydrogen-bond acceptors (Lipinski definition) is 5. The van der Waals surface area contributed by atoms with Gasteiger partial charge in [0.2, 0.25) is 5.91 Å². The minimum Gasteiger partial charge on any atom is -0.368 e. The van der Waals surface area contributed by atoms with E-state index in [4.69, 9.17) is 0 Å². The van der Waals surface area contributed by atoms with E-state index in [0.717, 1.165) is 28.1 Å². The van der Waals surface area contributed by atoms with Gasteiger partial charge in [0.15, 0.2) is 0 Å². The first-order chi connectivity index (χ1) is 14.1. The van der Waals surface area contributed by atoms with Crippen LogP contribution in [0.3, 0.4) is 0 Å². The van der Waals surface area contributed by atoms with Crippen LogP contribution in [0.15, 0.2) is 55.2 Å². The molecule has 4 aromatic rings. The average Bonchev–Trinajstić information content (AvgIpc) is 3.29. The van der Waals surface area contributed by atoms with Crippen molar-refractivity contribution in [2.75, 3.05) is 18.4 Å². The Morgan fingerprint density at radius 2 is 2.00 bits per heavy atom. The van der Waals surface area contributed by atoms with Gasteiger partial charge in [-0.2, -0.15) is 0 Å². The fourth-order valence-electron chi connectivity index (χ4n) is 3.39. The highest BCUT2D eigenvalue weighted by molar-refractivity contribution is 5.89. The Balaban J connectivity index is 1.29. The largest absolute Gasteiger partial charge is 0.368 e. The van der Waals surface area contributed by atoms with Crippen LogP contribution in [0, 0.1) is 6.92 Å². The van der Waals surface area contributed by atoms with E-state index < -0.39 is 0 Å². The number of aryl methyl sites for hydroxylation is 2. The van der Waals surface area contributed by atoms with Gasteiger partial charge in [-0.25, -0.2) is 15.0 Å². The van der Waals surface area contributed by atoms with Crippen molar-refractivity contribution in [2.45, 2.75) is 13.3 Å². The molecule has 1 amide bonds. The third-order valence-corrected chi connectivity index (χ3v) is 4.81. The van der Waals surface area contributed by atoms with Crippen LogP contribution in [0.2, 0.25) is 0 Å². The lowest BCUT2D eigenvalue weighted by atomic mass is 10.1. The van der Waals surface area contributed by atoms with Crippen molar-refractivity contribution in [1.82, 2.24) is 29.4 Å². The fourth-order valence-corrected chi connectivity index (χ4v) is 3.39. The molecule has 0 aliphatic carbocycles. The third-order valence-electron chi connectivity index (χ3n) is 4.81. The normalized spacial score (nSPS) is 11.0. The SMILES string of the molecule is Cc1nccn1-c1cc(NCCNC(=O)Cc2cn(C)c3ccccc23)ncn1. The van der Waals surface area contributed by atoms with E-state index in [-0.39, 0.29) is 5.91 Å². The number of amides is 1. The van der Waals surface area contributed by atoms with E-state index in [2.05, 4.69) is 31.7 Å². The molecule has 0 fully saturated rings. The topological polar surface area (TPSA) is 89.7 Å². The van der Waals surface area contributed by atoms with Gasteiger partial charge in [-0.15, -0.1) is 0 Å². The second-order valence-electron chi connectivity index (χ2n) is 6.84. The predicted octanol–water partition coefficient (Wildman–Crippen LogP) is 2.23. The van der Waals surface area contributed by atoms with Gasteiger partial charge in [0.05, 0.1) is 6.42 Å². The standard InChI is InChI=1S/C21H23N7O/c1-15-22-9-10-28(15)20-12-19(25-14-26-20)23-7-8-24-21(29)11-16-13-27(2)18-6-4-3-5-17(16)18/h3-6,9-10,12-14H,7-8,11H2,1-2H3,(H,24,29)(H,23,25,26). The van der Waals surface area contributed by atoms with Gasteiger partial charge in [0.25, 0.3) is 0 Å². The maximum atomic E-state index is 12.3. The lowest BCUT2D eigenvalue weighted by molar-refractivity contribution is -0.120. The molecule has 1 aromatic carbocycles. The molecule has 0 saturated carbocycles. The number of benzene rings is 1.